The third kappa shape index (κ3) is 2.46. The van der Waals surface area contributed by atoms with Crippen LogP contribution in [0.25, 0.3) is 10.9 Å². The largest absolute Gasteiger partial charge is 0.388 e. The summed E-state index contributed by atoms with van der Waals surface area (Å²) in [4.78, 5) is 16.8. The van der Waals surface area contributed by atoms with Crippen LogP contribution in [0.5, 0.6) is 0 Å². The van der Waals surface area contributed by atoms with Crippen molar-refractivity contribution in [1.82, 2.24) is 10.3 Å². The molecule has 1 saturated carbocycles. The molecule has 104 valence electrons. The molecular formula is C16H19N3O. The Bertz CT molecular complexity index is 649. The quantitative estimate of drug-likeness (QED) is 0.897. The lowest BCUT2D eigenvalue weighted by Gasteiger charge is -2.14. The van der Waals surface area contributed by atoms with Crippen molar-refractivity contribution in [2.45, 2.75) is 25.8 Å². The van der Waals surface area contributed by atoms with Gasteiger partial charge in [0, 0.05) is 24.2 Å². The van der Waals surface area contributed by atoms with E-state index < -0.39 is 0 Å². The highest BCUT2D eigenvalue weighted by atomic mass is 16.1. The molecule has 1 heterocycles. The molecule has 0 saturated heterocycles. The Morgan fingerprint density at radius 2 is 2.10 bits per heavy atom. The molecule has 0 bridgehead atoms. The van der Waals surface area contributed by atoms with Crippen LogP contribution in [0.2, 0.25) is 0 Å². The number of benzene rings is 1. The molecule has 4 heteroatoms. The topological polar surface area (TPSA) is 54.0 Å². The van der Waals surface area contributed by atoms with Gasteiger partial charge in [-0.3, -0.25) is 4.79 Å². The maximum absolute atomic E-state index is 12.3. The van der Waals surface area contributed by atoms with Crippen LogP contribution in [0.3, 0.4) is 0 Å². The van der Waals surface area contributed by atoms with Crippen molar-refractivity contribution in [2.24, 2.45) is 5.92 Å². The third-order valence-electron chi connectivity index (χ3n) is 3.91. The van der Waals surface area contributed by atoms with Gasteiger partial charge in [0.15, 0.2) is 0 Å². The second kappa shape index (κ2) is 5.12. The number of carbonyl (C=O) groups is 1. The van der Waals surface area contributed by atoms with Gasteiger partial charge in [0.2, 0.25) is 0 Å². The molecule has 1 aliphatic carbocycles. The number of hydrogen-bond acceptors (Lipinski definition) is 3. The molecule has 0 radical (unpaired) electrons. The van der Waals surface area contributed by atoms with Crippen LogP contribution in [-0.2, 0) is 0 Å². The minimum Gasteiger partial charge on any atom is -0.388 e. The smallest absolute Gasteiger partial charge is 0.270 e. The van der Waals surface area contributed by atoms with Crippen LogP contribution in [0, 0.1) is 5.92 Å². The van der Waals surface area contributed by atoms with Gasteiger partial charge in [-0.2, -0.15) is 0 Å². The Morgan fingerprint density at radius 1 is 1.35 bits per heavy atom. The zero-order chi connectivity index (χ0) is 14.1. The number of anilines is 1. The van der Waals surface area contributed by atoms with Crippen LogP contribution < -0.4 is 10.6 Å². The Labute approximate surface area is 118 Å². The normalized spacial score (nSPS) is 15.9. The predicted molar refractivity (Wildman–Crippen MR) is 80.9 cm³/mol. The van der Waals surface area contributed by atoms with E-state index in [1.54, 1.807) is 0 Å². The van der Waals surface area contributed by atoms with Crippen molar-refractivity contribution >= 4 is 22.5 Å². The fraction of sp³-hybridized carbons (Fsp3) is 0.375. The molecule has 4 nitrogen and oxygen atoms in total. The summed E-state index contributed by atoms with van der Waals surface area (Å²) in [6.45, 7) is 2.07. The first-order valence-corrected chi connectivity index (χ1v) is 7.07. The first-order chi connectivity index (χ1) is 9.69. The summed E-state index contributed by atoms with van der Waals surface area (Å²) in [7, 11) is 1.86. The molecule has 1 atom stereocenters. The highest BCUT2D eigenvalue weighted by molar-refractivity contribution is 5.99. The molecule has 1 unspecified atom stereocenters. The second-order valence-corrected chi connectivity index (χ2v) is 5.42. The molecule has 20 heavy (non-hydrogen) atoms. The second-order valence-electron chi connectivity index (χ2n) is 5.42. The maximum atomic E-state index is 12.3. The number of rotatable bonds is 4. The number of pyridine rings is 1. The van der Waals surface area contributed by atoms with Crippen LogP contribution in [0.1, 0.15) is 30.3 Å². The lowest BCUT2D eigenvalue weighted by Crippen LogP contribution is -2.34. The average molecular weight is 269 g/mol. The van der Waals surface area contributed by atoms with Gasteiger partial charge in [-0.1, -0.05) is 18.2 Å². The van der Waals surface area contributed by atoms with Crippen molar-refractivity contribution in [3.63, 3.8) is 0 Å². The van der Waals surface area contributed by atoms with E-state index in [2.05, 4.69) is 22.5 Å². The lowest BCUT2D eigenvalue weighted by atomic mass is 10.1. The molecule has 1 aliphatic rings. The van der Waals surface area contributed by atoms with E-state index in [-0.39, 0.29) is 11.9 Å². The highest BCUT2D eigenvalue weighted by Crippen LogP contribution is 2.32. The summed E-state index contributed by atoms with van der Waals surface area (Å²) >= 11 is 0. The lowest BCUT2D eigenvalue weighted by molar-refractivity contribution is 0.0931. The number of hydrogen-bond donors (Lipinski definition) is 2. The third-order valence-corrected chi connectivity index (χ3v) is 3.91. The van der Waals surface area contributed by atoms with Crippen LogP contribution >= 0.6 is 0 Å². The van der Waals surface area contributed by atoms with Crippen molar-refractivity contribution in [3.05, 3.63) is 36.0 Å². The van der Waals surface area contributed by atoms with E-state index in [0.717, 1.165) is 16.6 Å². The molecule has 1 aromatic carbocycles. The van der Waals surface area contributed by atoms with E-state index >= 15 is 0 Å². The minimum atomic E-state index is -0.0911. The summed E-state index contributed by atoms with van der Waals surface area (Å²) in [5.41, 5.74) is 2.24. The molecule has 0 aliphatic heterocycles. The van der Waals surface area contributed by atoms with E-state index in [9.17, 15) is 4.79 Å². The molecule has 2 aromatic rings. The maximum Gasteiger partial charge on any atom is 0.270 e. The Balaban J connectivity index is 1.92. The first-order valence-electron chi connectivity index (χ1n) is 7.07. The Hall–Kier alpha value is -2.10. The zero-order valence-electron chi connectivity index (χ0n) is 11.8. The summed E-state index contributed by atoms with van der Waals surface area (Å²) in [6.07, 6.45) is 2.43. The highest BCUT2D eigenvalue weighted by Gasteiger charge is 2.29. The molecule has 0 spiro atoms. The number of para-hydroxylation sites is 1. The van der Waals surface area contributed by atoms with E-state index in [0.29, 0.717) is 11.6 Å². The minimum absolute atomic E-state index is 0.0911. The Morgan fingerprint density at radius 3 is 2.80 bits per heavy atom. The van der Waals surface area contributed by atoms with E-state index in [1.165, 1.54) is 12.8 Å². The van der Waals surface area contributed by atoms with Crippen LogP contribution in [0.15, 0.2) is 30.3 Å². The number of aromatic nitrogens is 1. The van der Waals surface area contributed by atoms with E-state index in [1.807, 2.05) is 37.4 Å². The summed E-state index contributed by atoms with van der Waals surface area (Å²) < 4.78 is 0. The number of nitrogens with one attached hydrogen (secondary N) is 2. The molecule has 1 fully saturated rings. The monoisotopic (exact) mass is 269 g/mol. The predicted octanol–water partition coefficient (Wildman–Crippen LogP) is 2.80. The zero-order valence-corrected chi connectivity index (χ0v) is 11.8. The first kappa shape index (κ1) is 12.9. The summed E-state index contributed by atoms with van der Waals surface area (Å²) in [5.74, 6) is 0.551. The SMILES string of the molecule is CNc1cc(C(=O)NC(C)C2CC2)nc2ccccc12. The van der Waals surface area contributed by atoms with Gasteiger partial charge < -0.3 is 10.6 Å². The molecular weight excluding hydrogens is 250 g/mol. The number of carbonyl (C=O) groups excluding carboxylic acids is 1. The van der Waals surface area contributed by atoms with Crippen LogP contribution in [0.4, 0.5) is 5.69 Å². The van der Waals surface area contributed by atoms with Gasteiger partial charge in [0.1, 0.15) is 5.69 Å². The standard InChI is InChI=1S/C16H19N3O/c1-10(11-7-8-11)18-16(20)15-9-14(17-2)12-5-3-4-6-13(12)19-15/h3-6,9-11H,7-8H2,1-2H3,(H,17,19)(H,18,20). The van der Waals surface area contributed by atoms with Crippen molar-refractivity contribution < 1.29 is 4.79 Å². The fourth-order valence-electron chi connectivity index (χ4n) is 2.49. The van der Waals surface area contributed by atoms with Crippen molar-refractivity contribution in [3.8, 4) is 0 Å². The van der Waals surface area contributed by atoms with Crippen molar-refractivity contribution in [2.75, 3.05) is 12.4 Å². The van der Waals surface area contributed by atoms with Gasteiger partial charge in [-0.25, -0.2) is 4.98 Å². The Kier molecular flexibility index (Phi) is 3.30. The van der Waals surface area contributed by atoms with Gasteiger partial charge in [-0.15, -0.1) is 0 Å². The summed E-state index contributed by atoms with van der Waals surface area (Å²) in [6, 6.07) is 9.88. The molecule has 2 N–H and O–H groups in total. The van der Waals surface area contributed by atoms with Gasteiger partial charge in [-0.05, 0) is 37.8 Å². The van der Waals surface area contributed by atoms with Gasteiger partial charge in [0.25, 0.3) is 5.91 Å². The van der Waals surface area contributed by atoms with Gasteiger partial charge >= 0.3 is 0 Å². The summed E-state index contributed by atoms with van der Waals surface area (Å²) in [5, 5.41) is 7.21. The number of nitrogens with zero attached hydrogens (tertiary/aromatic N) is 1. The molecule has 1 amide bonds. The van der Waals surface area contributed by atoms with Crippen LogP contribution in [-0.4, -0.2) is 24.0 Å². The van der Waals surface area contributed by atoms with Crippen molar-refractivity contribution in [1.29, 1.82) is 0 Å². The fourth-order valence-corrected chi connectivity index (χ4v) is 2.49. The van der Waals surface area contributed by atoms with E-state index in [4.69, 9.17) is 0 Å². The van der Waals surface area contributed by atoms with Gasteiger partial charge in [0.05, 0.1) is 5.52 Å². The number of fused-ring (bicyclic) bond motifs is 1. The molecule has 1 aromatic heterocycles. The average Bonchev–Trinajstić information content (AvgIpc) is 3.30. The number of amides is 1. The molecule has 3 rings (SSSR count).